The molecule has 1 N–H and O–H groups in total. The second kappa shape index (κ2) is 8.01. The number of carbonyl (C=O) groups excluding carboxylic acids is 1. The Morgan fingerprint density at radius 2 is 1.84 bits per heavy atom. The highest BCUT2D eigenvalue weighted by atomic mass is 35.5. The molecule has 1 aromatic heterocycles. The number of halogens is 2. The summed E-state index contributed by atoms with van der Waals surface area (Å²) >= 11 is 11.9. The van der Waals surface area contributed by atoms with Crippen molar-refractivity contribution in [1.29, 1.82) is 0 Å². The van der Waals surface area contributed by atoms with Gasteiger partial charge < -0.3 is 4.42 Å². The molecule has 0 saturated carbocycles. The molecule has 1 amide bonds. The summed E-state index contributed by atoms with van der Waals surface area (Å²) in [5.41, 5.74) is 4.21. The zero-order valence-electron chi connectivity index (χ0n) is 13.1. The van der Waals surface area contributed by atoms with Gasteiger partial charge in [0, 0.05) is 5.56 Å². The van der Waals surface area contributed by atoms with Crippen LogP contribution in [0.15, 0.2) is 70.2 Å². The van der Waals surface area contributed by atoms with Crippen LogP contribution < -0.4 is 5.43 Å². The fourth-order valence-electron chi connectivity index (χ4n) is 2.22. The Bertz CT molecular complexity index is 905. The van der Waals surface area contributed by atoms with Crippen molar-refractivity contribution in [1.82, 2.24) is 5.43 Å². The van der Waals surface area contributed by atoms with E-state index in [0.29, 0.717) is 21.6 Å². The molecular weight excluding hydrogens is 359 g/mol. The molecular formula is C19H14Cl2N2O2. The number of rotatable bonds is 5. The molecule has 0 aliphatic carbocycles. The van der Waals surface area contributed by atoms with Crippen LogP contribution in [0.1, 0.15) is 11.3 Å². The number of hydrogen-bond acceptors (Lipinski definition) is 3. The van der Waals surface area contributed by atoms with Crippen molar-refractivity contribution in [2.45, 2.75) is 6.42 Å². The first-order valence-corrected chi connectivity index (χ1v) is 8.28. The largest absolute Gasteiger partial charge is 0.455 e. The van der Waals surface area contributed by atoms with Gasteiger partial charge in [-0.25, -0.2) is 5.43 Å². The minimum Gasteiger partial charge on any atom is -0.455 e. The Kier molecular flexibility index (Phi) is 5.53. The van der Waals surface area contributed by atoms with Gasteiger partial charge in [-0.05, 0) is 35.9 Å². The quantitative estimate of drug-likeness (QED) is 0.508. The van der Waals surface area contributed by atoms with E-state index in [2.05, 4.69) is 10.5 Å². The lowest BCUT2D eigenvalue weighted by Crippen LogP contribution is -2.19. The lowest BCUT2D eigenvalue weighted by Gasteiger charge is -2.00. The minimum atomic E-state index is -0.196. The van der Waals surface area contributed by atoms with E-state index in [1.54, 1.807) is 24.3 Å². The van der Waals surface area contributed by atoms with E-state index in [-0.39, 0.29) is 12.3 Å². The Labute approximate surface area is 155 Å². The molecule has 0 saturated heterocycles. The van der Waals surface area contributed by atoms with Crippen molar-refractivity contribution >= 4 is 35.3 Å². The van der Waals surface area contributed by atoms with Gasteiger partial charge in [0.05, 0.1) is 22.7 Å². The Hall–Kier alpha value is -2.56. The van der Waals surface area contributed by atoms with Crippen LogP contribution in [-0.4, -0.2) is 12.1 Å². The molecule has 0 radical (unpaired) electrons. The highest BCUT2D eigenvalue weighted by Gasteiger charge is 2.06. The molecule has 126 valence electrons. The van der Waals surface area contributed by atoms with Gasteiger partial charge >= 0.3 is 0 Å². The van der Waals surface area contributed by atoms with Crippen LogP contribution in [0.25, 0.3) is 11.3 Å². The molecule has 0 aliphatic rings. The number of carbonyl (C=O) groups is 1. The summed E-state index contributed by atoms with van der Waals surface area (Å²) < 4.78 is 5.66. The van der Waals surface area contributed by atoms with E-state index in [9.17, 15) is 4.79 Å². The van der Waals surface area contributed by atoms with Crippen molar-refractivity contribution in [3.05, 3.63) is 82.0 Å². The molecule has 2 aromatic carbocycles. The van der Waals surface area contributed by atoms with Crippen LogP contribution >= 0.6 is 23.2 Å². The van der Waals surface area contributed by atoms with Gasteiger partial charge in [0.2, 0.25) is 5.91 Å². The predicted molar refractivity (Wildman–Crippen MR) is 100 cm³/mol. The lowest BCUT2D eigenvalue weighted by atomic mass is 10.1. The first kappa shape index (κ1) is 17.3. The summed E-state index contributed by atoms with van der Waals surface area (Å²) in [6, 6.07) is 18.3. The molecule has 3 rings (SSSR count). The molecule has 3 aromatic rings. The summed E-state index contributed by atoms with van der Waals surface area (Å²) in [4.78, 5) is 11.8. The average molecular weight is 373 g/mol. The SMILES string of the molecule is O=C(Cc1ccccc1)N/N=C/c1ccc(-c2ccc(Cl)c(Cl)c2)o1. The van der Waals surface area contributed by atoms with Gasteiger partial charge in [-0.3, -0.25) is 4.79 Å². The summed E-state index contributed by atoms with van der Waals surface area (Å²) in [6.45, 7) is 0. The summed E-state index contributed by atoms with van der Waals surface area (Å²) in [6.07, 6.45) is 1.72. The lowest BCUT2D eigenvalue weighted by molar-refractivity contribution is -0.120. The monoisotopic (exact) mass is 372 g/mol. The number of nitrogens with one attached hydrogen (secondary N) is 1. The van der Waals surface area contributed by atoms with E-state index < -0.39 is 0 Å². The van der Waals surface area contributed by atoms with Gasteiger partial charge in [-0.15, -0.1) is 0 Å². The Balaban J connectivity index is 1.60. The zero-order valence-corrected chi connectivity index (χ0v) is 14.6. The van der Waals surface area contributed by atoms with Gasteiger partial charge in [-0.1, -0.05) is 53.5 Å². The molecule has 0 atom stereocenters. The predicted octanol–water partition coefficient (Wildman–Crippen LogP) is 4.95. The fraction of sp³-hybridized carbons (Fsp3) is 0.0526. The van der Waals surface area contributed by atoms with E-state index in [4.69, 9.17) is 27.6 Å². The molecule has 1 heterocycles. The zero-order chi connectivity index (χ0) is 17.6. The van der Waals surface area contributed by atoms with Crippen LogP contribution in [0.2, 0.25) is 10.0 Å². The molecule has 4 nitrogen and oxygen atoms in total. The number of nitrogens with zero attached hydrogens (tertiary/aromatic N) is 1. The Morgan fingerprint density at radius 3 is 2.60 bits per heavy atom. The summed E-state index contributed by atoms with van der Waals surface area (Å²) in [5, 5.41) is 4.85. The molecule has 0 spiro atoms. The van der Waals surface area contributed by atoms with Crippen molar-refractivity contribution < 1.29 is 9.21 Å². The molecule has 6 heteroatoms. The minimum absolute atomic E-state index is 0.196. The van der Waals surface area contributed by atoms with Crippen molar-refractivity contribution in [2.24, 2.45) is 5.10 Å². The molecule has 0 bridgehead atoms. The first-order valence-electron chi connectivity index (χ1n) is 7.53. The molecule has 25 heavy (non-hydrogen) atoms. The van der Waals surface area contributed by atoms with Gasteiger partial charge in [0.15, 0.2) is 0 Å². The molecule has 0 aliphatic heterocycles. The number of hydrazone groups is 1. The van der Waals surface area contributed by atoms with E-state index in [1.807, 2.05) is 36.4 Å². The van der Waals surface area contributed by atoms with E-state index in [1.165, 1.54) is 6.21 Å². The smallest absolute Gasteiger partial charge is 0.244 e. The maximum Gasteiger partial charge on any atom is 0.244 e. The Morgan fingerprint density at radius 1 is 1.04 bits per heavy atom. The number of hydrogen-bond donors (Lipinski definition) is 1. The van der Waals surface area contributed by atoms with Gasteiger partial charge in [0.25, 0.3) is 0 Å². The average Bonchev–Trinajstić information content (AvgIpc) is 3.07. The van der Waals surface area contributed by atoms with Crippen LogP contribution in [-0.2, 0) is 11.2 Å². The maximum absolute atomic E-state index is 11.8. The fourth-order valence-corrected chi connectivity index (χ4v) is 2.51. The third kappa shape index (κ3) is 4.72. The topological polar surface area (TPSA) is 54.6 Å². The second-order valence-electron chi connectivity index (χ2n) is 5.29. The van der Waals surface area contributed by atoms with Crippen LogP contribution in [0.5, 0.6) is 0 Å². The van der Waals surface area contributed by atoms with E-state index in [0.717, 1.165) is 11.1 Å². The van der Waals surface area contributed by atoms with Crippen LogP contribution in [0.4, 0.5) is 0 Å². The van der Waals surface area contributed by atoms with Crippen molar-refractivity contribution in [2.75, 3.05) is 0 Å². The highest BCUT2D eigenvalue weighted by molar-refractivity contribution is 6.42. The maximum atomic E-state index is 11.8. The van der Waals surface area contributed by atoms with Crippen molar-refractivity contribution in [3.63, 3.8) is 0 Å². The third-order valence-corrected chi connectivity index (χ3v) is 4.16. The van der Waals surface area contributed by atoms with Gasteiger partial charge in [0.1, 0.15) is 11.5 Å². The van der Waals surface area contributed by atoms with Crippen molar-refractivity contribution in [3.8, 4) is 11.3 Å². The second-order valence-corrected chi connectivity index (χ2v) is 6.10. The summed E-state index contributed by atoms with van der Waals surface area (Å²) in [5.74, 6) is 0.954. The number of benzene rings is 2. The number of furan rings is 1. The highest BCUT2D eigenvalue weighted by Crippen LogP contribution is 2.29. The van der Waals surface area contributed by atoms with Gasteiger partial charge in [-0.2, -0.15) is 5.10 Å². The van der Waals surface area contributed by atoms with E-state index >= 15 is 0 Å². The van der Waals surface area contributed by atoms with Crippen LogP contribution in [0, 0.1) is 0 Å². The standard InChI is InChI=1S/C19H14Cl2N2O2/c20-16-8-6-14(11-17(16)21)18-9-7-15(25-18)12-22-23-19(24)10-13-4-2-1-3-5-13/h1-9,11-12H,10H2,(H,23,24)/b22-12+. The van der Waals surface area contributed by atoms with Crippen LogP contribution in [0.3, 0.4) is 0 Å². The third-order valence-electron chi connectivity index (χ3n) is 3.42. The normalized spacial score (nSPS) is 11.0. The first-order chi connectivity index (χ1) is 12.1. The number of amides is 1. The molecule has 0 unspecified atom stereocenters. The summed E-state index contributed by atoms with van der Waals surface area (Å²) in [7, 11) is 0. The molecule has 0 fully saturated rings.